The van der Waals surface area contributed by atoms with Crippen LogP contribution in [-0.4, -0.2) is 21.6 Å². The quantitative estimate of drug-likeness (QED) is 0.617. The number of carbonyl (C=O) groups excluding carboxylic acids is 2. The minimum atomic E-state index is -0.367. The lowest BCUT2D eigenvalue weighted by molar-refractivity contribution is -0.117. The molecule has 4 rings (SSSR count). The molecule has 2 unspecified atom stereocenters. The van der Waals surface area contributed by atoms with Gasteiger partial charge in [-0.25, -0.2) is 0 Å². The van der Waals surface area contributed by atoms with Crippen LogP contribution < -0.4 is 10.6 Å². The summed E-state index contributed by atoms with van der Waals surface area (Å²) < 4.78 is 6.85. The fraction of sp³-hybridized carbons (Fsp3) is 0.286. The monoisotopic (exact) mass is 412 g/mol. The summed E-state index contributed by atoms with van der Waals surface area (Å²) in [4.78, 5) is 25.3. The zero-order chi connectivity index (χ0) is 20.4. The van der Waals surface area contributed by atoms with Gasteiger partial charge in [0.25, 0.3) is 5.91 Å². The van der Waals surface area contributed by atoms with Crippen molar-refractivity contribution in [3.8, 4) is 0 Å². The van der Waals surface area contributed by atoms with Gasteiger partial charge < -0.3 is 15.1 Å². The SMILES string of the molecule is CCn1cc(NC(=O)C2CC2c2ccc(Cl)cc2)c(C(=O)NCc2ccco2)n1. The molecule has 2 amide bonds. The molecular weight excluding hydrogens is 392 g/mol. The summed E-state index contributed by atoms with van der Waals surface area (Å²) in [5.74, 6) is 0.210. The van der Waals surface area contributed by atoms with Gasteiger partial charge >= 0.3 is 0 Å². The van der Waals surface area contributed by atoms with Gasteiger partial charge in [-0.15, -0.1) is 0 Å². The number of aryl methyl sites for hydroxylation is 1. The van der Waals surface area contributed by atoms with E-state index < -0.39 is 0 Å². The zero-order valence-electron chi connectivity index (χ0n) is 15.9. The fourth-order valence-corrected chi connectivity index (χ4v) is 3.42. The number of furan rings is 1. The van der Waals surface area contributed by atoms with E-state index in [1.165, 1.54) is 0 Å². The Morgan fingerprint density at radius 1 is 1.28 bits per heavy atom. The van der Waals surface area contributed by atoms with Crippen molar-refractivity contribution >= 4 is 29.1 Å². The lowest BCUT2D eigenvalue weighted by Crippen LogP contribution is -2.25. The molecule has 0 radical (unpaired) electrons. The molecule has 29 heavy (non-hydrogen) atoms. The van der Waals surface area contributed by atoms with Crippen LogP contribution in [0.25, 0.3) is 0 Å². The molecule has 2 N–H and O–H groups in total. The van der Waals surface area contributed by atoms with Crippen LogP contribution in [0.4, 0.5) is 5.69 Å². The molecule has 1 fully saturated rings. The van der Waals surface area contributed by atoms with E-state index >= 15 is 0 Å². The minimum Gasteiger partial charge on any atom is -0.467 e. The number of nitrogens with one attached hydrogen (secondary N) is 2. The highest BCUT2D eigenvalue weighted by Gasteiger charge is 2.44. The normalized spacial score (nSPS) is 17.7. The lowest BCUT2D eigenvalue weighted by Gasteiger charge is -2.06. The maximum absolute atomic E-state index is 12.7. The van der Waals surface area contributed by atoms with Gasteiger partial charge in [0.15, 0.2) is 5.69 Å². The van der Waals surface area contributed by atoms with E-state index in [1.54, 1.807) is 29.3 Å². The van der Waals surface area contributed by atoms with Crippen molar-refractivity contribution in [3.05, 3.63) is 70.9 Å². The van der Waals surface area contributed by atoms with Crippen molar-refractivity contribution in [2.24, 2.45) is 5.92 Å². The molecule has 1 aliphatic carbocycles. The van der Waals surface area contributed by atoms with E-state index in [0.29, 0.717) is 23.0 Å². The Morgan fingerprint density at radius 2 is 2.07 bits per heavy atom. The highest BCUT2D eigenvalue weighted by molar-refractivity contribution is 6.30. The van der Waals surface area contributed by atoms with Gasteiger partial charge in [0, 0.05) is 23.7 Å². The summed E-state index contributed by atoms with van der Waals surface area (Å²) in [6.45, 7) is 2.76. The minimum absolute atomic E-state index is 0.110. The van der Waals surface area contributed by atoms with Crippen molar-refractivity contribution in [2.45, 2.75) is 32.4 Å². The molecule has 2 aromatic heterocycles. The number of aromatic nitrogens is 2. The number of hydrogen-bond acceptors (Lipinski definition) is 4. The maximum Gasteiger partial charge on any atom is 0.274 e. The molecule has 2 heterocycles. The van der Waals surface area contributed by atoms with Gasteiger partial charge in [0.05, 0.1) is 18.5 Å². The van der Waals surface area contributed by atoms with Crippen LogP contribution in [0.2, 0.25) is 5.02 Å². The third-order valence-corrected chi connectivity index (χ3v) is 5.24. The van der Waals surface area contributed by atoms with Gasteiger partial charge in [-0.2, -0.15) is 5.10 Å². The molecule has 0 bridgehead atoms. The number of benzene rings is 1. The molecule has 0 spiro atoms. The number of hydrogen-bond donors (Lipinski definition) is 2. The van der Waals surface area contributed by atoms with Crippen LogP contribution >= 0.6 is 11.6 Å². The Balaban J connectivity index is 1.42. The average Bonchev–Trinajstić information content (AvgIpc) is 3.15. The third-order valence-electron chi connectivity index (χ3n) is 4.99. The largest absolute Gasteiger partial charge is 0.467 e. The Labute approximate surface area is 173 Å². The second-order valence-corrected chi connectivity index (χ2v) is 7.44. The molecule has 150 valence electrons. The maximum atomic E-state index is 12.7. The van der Waals surface area contributed by atoms with Crippen LogP contribution in [0.3, 0.4) is 0 Å². The molecular formula is C21H21ClN4O3. The fourth-order valence-electron chi connectivity index (χ4n) is 3.30. The summed E-state index contributed by atoms with van der Waals surface area (Å²) in [5, 5.41) is 10.6. The van der Waals surface area contributed by atoms with Crippen molar-refractivity contribution in [2.75, 3.05) is 5.32 Å². The number of amides is 2. The summed E-state index contributed by atoms with van der Waals surface area (Å²) in [6.07, 6.45) is 4.00. The van der Waals surface area contributed by atoms with Gasteiger partial charge in [0.2, 0.25) is 5.91 Å². The van der Waals surface area contributed by atoms with Gasteiger partial charge in [-0.05, 0) is 49.1 Å². The third kappa shape index (κ3) is 4.35. The topological polar surface area (TPSA) is 89.2 Å². The Hall–Kier alpha value is -3.06. The molecule has 1 saturated carbocycles. The smallest absolute Gasteiger partial charge is 0.274 e. The second-order valence-electron chi connectivity index (χ2n) is 7.00. The number of nitrogens with zero attached hydrogens (tertiary/aromatic N) is 2. The predicted octanol–water partition coefficient (Wildman–Crippen LogP) is 3.82. The van der Waals surface area contributed by atoms with E-state index in [1.807, 2.05) is 31.2 Å². The first-order chi connectivity index (χ1) is 14.0. The molecule has 0 aliphatic heterocycles. The molecule has 1 aromatic carbocycles. The highest BCUT2D eigenvalue weighted by Crippen LogP contribution is 2.48. The molecule has 0 saturated heterocycles. The molecule has 7 nitrogen and oxygen atoms in total. The van der Waals surface area contributed by atoms with E-state index in [4.69, 9.17) is 16.0 Å². The first-order valence-electron chi connectivity index (χ1n) is 9.49. The predicted molar refractivity (Wildman–Crippen MR) is 109 cm³/mol. The van der Waals surface area contributed by atoms with Crippen molar-refractivity contribution in [1.82, 2.24) is 15.1 Å². The van der Waals surface area contributed by atoms with Gasteiger partial charge in [-0.1, -0.05) is 23.7 Å². The number of rotatable bonds is 7. The van der Waals surface area contributed by atoms with Crippen molar-refractivity contribution in [1.29, 1.82) is 0 Å². The standard InChI is InChI=1S/C21H21ClN4O3/c1-2-26-12-18(19(25-26)21(28)23-11-15-4-3-9-29-15)24-20(27)17-10-16(17)13-5-7-14(22)8-6-13/h3-9,12,16-17H,2,10-11H2,1H3,(H,23,28)(H,24,27). The summed E-state index contributed by atoms with van der Waals surface area (Å²) >= 11 is 5.93. The zero-order valence-corrected chi connectivity index (χ0v) is 16.6. The number of halogens is 1. The lowest BCUT2D eigenvalue weighted by atomic mass is 10.1. The summed E-state index contributed by atoms with van der Waals surface area (Å²) in [7, 11) is 0. The molecule has 1 aliphatic rings. The van der Waals surface area contributed by atoms with Gasteiger partial charge in [0.1, 0.15) is 5.76 Å². The first kappa shape index (κ1) is 19.3. The van der Waals surface area contributed by atoms with Crippen LogP contribution in [0, 0.1) is 5.92 Å². The van der Waals surface area contributed by atoms with Crippen molar-refractivity contribution < 1.29 is 14.0 Å². The van der Waals surface area contributed by atoms with E-state index in [9.17, 15) is 9.59 Å². The average molecular weight is 413 g/mol. The molecule has 3 aromatic rings. The molecule has 8 heteroatoms. The number of carbonyl (C=O) groups is 2. The van der Waals surface area contributed by atoms with Crippen LogP contribution in [0.5, 0.6) is 0 Å². The summed E-state index contributed by atoms with van der Waals surface area (Å²) in [5.41, 5.74) is 1.70. The second kappa shape index (κ2) is 8.13. The molecule has 2 atom stereocenters. The van der Waals surface area contributed by atoms with Gasteiger partial charge in [-0.3, -0.25) is 14.3 Å². The first-order valence-corrected chi connectivity index (χ1v) is 9.87. The van der Waals surface area contributed by atoms with E-state index in [0.717, 1.165) is 12.0 Å². The van der Waals surface area contributed by atoms with Crippen LogP contribution in [0.1, 0.15) is 41.1 Å². The summed E-state index contributed by atoms with van der Waals surface area (Å²) in [6, 6.07) is 11.1. The number of anilines is 1. The highest BCUT2D eigenvalue weighted by atomic mass is 35.5. The van der Waals surface area contributed by atoms with E-state index in [-0.39, 0.29) is 35.9 Å². The van der Waals surface area contributed by atoms with E-state index in [2.05, 4.69) is 15.7 Å². The Kier molecular flexibility index (Phi) is 5.40. The Bertz CT molecular complexity index is 1010. The van der Waals surface area contributed by atoms with Crippen LogP contribution in [0.15, 0.2) is 53.3 Å². The van der Waals surface area contributed by atoms with Crippen LogP contribution in [-0.2, 0) is 17.9 Å². The van der Waals surface area contributed by atoms with Crippen molar-refractivity contribution in [3.63, 3.8) is 0 Å². The Morgan fingerprint density at radius 3 is 2.76 bits per heavy atom.